The van der Waals surface area contributed by atoms with Crippen molar-refractivity contribution in [1.29, 1.82) is 0 Å². The van der Waals surface area contributed by atoms with Gasteiger partial charge in [-0.3, -0.25) is 0 Å². The molecule has 0 saturated heterocycles. The highest BCUT2D eigenvalue weighted by Crippen LogP contribution is 2.27. The number of nitrogens with zero attached hydrogens (tertiary/aromatic N) is 2. The van der Waals surface area contributed by atoms with Gasteiger partial charge >= 0.3 is 0 Å². The van der Waals surface area contributed by atoms with Gasteiger partial charge in [0.15, 0.2) is 0 Å². The summed E-state index contributed by atoms with van der Waals surface area (Å²) < 4.78 is 15.7. The van der Waals surface area contributed by atoms with Gasteiger partial charge in [0, 0.05) is 19.6 Å². The molecule has 6 heteroatoms. The topological polar surface area (TPSA) is 69.4 Å². The molecule has 0 bridgehead atoms. The highest BCUT2D eigenvalue weighted by molar-refractivity contribution is 5.63. The highest BCUT2D eigenvalue weighted by atomic mass is 16.5. The summed E-state index contributed by atoms with van der Waals surface area (Å²) in [5.74, 6) is 1.83. The minimum atomic E-state index is 0.144. The average molecular weight is 277 g/mol. The van der Waals surface area contributed by atoms with Gasteiger partial charge < -0.3 is 19.3 Å². The van der Waals surface area contributed by atoms with Crippen molar-refractivity contribution in [1.82, 2.24) is 15.5 Å². The van der Waals surface area contributed by atoms with E-state index in [1.807, 2.05) is 31.3 Å². The number of benzene rings is 1. The molecular formula is C14H19N3O3. The molecule has 1 heterocycles. The molecule has 1 N–H and O–H groups in total. The van der Waals surface area contributed by atoms with Gasteiger partial charge in [-0.15, -0.1) is 0 Å². The van der Waals surface area contributed by atoms with Crippen molar-refractivity contribution in [2.45, 2.75) is 12.5 Å². The maximum absolute atomic E-state index is 5.30. The molecule has 0 amide bonds. The molecule has 0 fully saturated rings. The fourth-order valence-corrected chi connectivity index (χ4v) is 1.93. The maximum atomic E-state index is 5.30. The molecule has 0 aliphatic rings. The molecule has 1 atom stereocenters. The first kappa shape index (κ1) is 14.5. The third-order valence-electron chi connectivity index (χ3n) is 3.01. The molecule has 1 unspecified atom stereocenters. The summed E-state index contributed by atoms with van der Waals surface area (Å²) in [7, 11) is 5.16. The molecule has 0 aliphatic carbocycles. The van der Waals surface area contributed by atoms with Crippen LogP contribution in [-0.2, 0) is 11.2 Å². The zero-order valence-corrected chi connectivity index (χ0v) is 11.9. The molecular weight excluding hydrogens is 258 g/mol. The normalized spacial score (nSPS) is 12.3. The van der Waals surface area contributed by atoms with E-state index in [2.05, 4.69) is 15.5 Å². The van der Waals surface area contributed by atoms with Crippen molar-refractivity contribution in [2.24, 2.45) is 0 Å². The van der Waals surface area contributed by atoms with Crippen LogP contribution < -0.4 is 10.1 Å². The van der Waals surface area contributed by atoms with Crippen LogP contribution in [0, 0.1) is 0 Å². The SMILES string of the molecule is CNC(COC)Cc1nc(-c2ccccc2OC)no1. The summed E-state index contributed by atoms with van der Waals surface area (Å²) in [6, 6.07) is 7.73. The minimum absolute atomic E-state index is 0.144. The Bertz CT molecular complexity index is 542. The summed E-state index contributed by atoms with van der Waals surface area (Å²) >= 11 is 0. The van der Waals surface area contributed by atoms with Crippen LogP contribution in [0.1, 0.15) is 5.89 Å². The van der Waals surface area contributed by atoms with Gasteiger partial charge in [0.05, 0.1) is 19.3 Å². The lowest BCUT2D eigenvalue weighted by Crippen LogP contribution is -2.32. The van der Waals surface area contributed by atoms with E-state index in [-0.39, 0.29) is 6.04 Å². The number of nitrogens with one attached hydrogen (secondary N) is 1. The molecule has 2 aromatic rings. The van der Waals surface area contributed by atoms with Gasteiger partial charge in [0.25, 0.3) is 0 Å². The van der Waals surface area contributed by atoms with E-state index in [9.17, 15) is 0 Å². The molecule has 2 rings (SSSR count). The lowest BCUT2D eigenvalue weighted by Gasteiger charge is -2.11. The summed E-state index contributed by atoms with van der Waals surface area (Å²) in [4.78, 5) is 4.41. The Labute approximate surface area is 118 Å². The number of hydrogen-bond donors (Lipinski definition) is 1. The third-order valence-corrected chi connectivity index (χ3v) is 3.01. The van der Waals surface area contributed by atoms with Crippen LogP contribution in [0.4, 0.5) is 0 Å². The summed E-state index contributed by atoms with van der Waals surface area (Å²) in [5, 5.41) is 7.15. The molecule has 1 aromatic heterocycles. The molecule has 108 valence electrons. The van der Waals surface area contributed by atoms with Crippen molar-refractivity contribution in [3.05, 3.63) is 30.2 Å². The standard InChI is InChI=1S/C14H19N3O3/c1-15-10(9-18-2)8-13-16-14(17-20-13)11-6-4-5-7-12(11)19-3/h4-7,10,15H,8-9H2,1-3H3. The van der Waals surface area contributed by atoms with E-state index < -0.39 is 0 Å². The predicted molar refractivity (Wildman–Crippen MR) is 74.7 cm³/mol. The Balaban J connectivity index is 2.16. The summed E-state index contributed by atoms with van der Waals surface area (Å²) in [5.41, 5.74) is 0.817. The van der Waals surface area contributed by atoms with Crippen molar-refractivity contribution in [3.63, 3.8) is 0 Å². The molecule has 0 spiro atoms. The van der Waals surface area contributed by atoms with E-state index in [1.54, 1.807) is 14.2 Å². The van der Waals surface area contributed by atoms with Crippen LogP contribution in [0.25, 0.3) is 11.4 Å². The van der Waals surface area contributed by atoms with Crippen molar-refractivity contribution >= 4 is 0 Å². The number of hydrogen-bond acceptors (Lipinski definition) is 6. The second kappa shape index (κ2) is 7.02. The second-order valence-electron chi connectivity index (χ2n) is 4.36. The first-order valence-corrected chi connectivity index (χ1v) is 6.40. The molecule has 0 aliphatic heterocycles. The van der Waals surface area contributed by atoms with Gasteiger partial charge in [0.2, 0.25) is 11.7 Å². The number of rotatable bonds is 7. The van der Waals surface area contributed by atoms with Crippen LogP contribution in [0.5, 0.6) is 5.75 Å². The van der Waals surface area contributed by atoms with E-state index in [4.69, 9.17) is 14.0 Å². The Morgan fingerprint density at radius 1 is 1.30 bits per heavy atom. The minimum Gasteiger partial charge on any atom is -0.496 e. The Kier molecular flexibility index (Phi) is 5.09. The van der Waals surface area contributed by atoms with Crippen LogP contribution >= 0.6 is 0 Å². The fourth-order valence-electron chi connectivity index (χ4n) is 1.93. The lowest BCUT2D eigenvalue weighted by atomic mass is 10.2. The summed E-state index contributed by atoms with van der Waals surface area (Å²) in [6.07, 6.45) is 0.618. The van der Waals surface area contributed by atoms with Gasteiger partial charge in [0.1, 0.15) is 5.75 Å². The van der Waals surface area contributed by atoms with Gasteiger partial charge in [-0.2, -0.15) is 4.98 Å². The Morgan fingerprint density at radius 2 is 2.10 bits per heavy atom. The highest BCUT2D eigenvalue weighted by Gasteiger charge is 2.16. The van der Waals surface area contributed by atoms with Crippen molar-refractivity contribution in [2.75, 3.05) is 27.9 Å². The Morgan fingerprint density at radius 3 is 2.80 bits per heavy atom. The Hall–Kier alpha value is -1.92. The first-order chi connectivity index (χ1) is 9.78. The smallest absolute Gasteiger partial charge is 0.228 e. The molecule has 20 heavy (non-hydrogen) atoms. The molecule has 0 radical (unpaired) electrons. The maximum Gasteiger partial charge on any atom is 0.228 e. The number of aromatic nitrogens is 2. The van der Waals surface area contributed by atoms with Crippen LogP contribution in [0.2, 0.25) is 0 Å². The van der Waals surface area contributed by atoms with Crippen LogP contribution in [0.3, 0.4) is 0 Å². The zero-order chi connectivity index (χ0) is 14.4. The van der Waals surface area contributed by atoms with Gasteiger partial charge in [-0.25, -0.2) is 0 Å². The average Bonchev–Trinajstić information content (AvgIpc) is 2.95. The van der Waals surface area contributed by atoms with Crippen molar-refractivity contribution in [3.8, 4) is 17.1 Å². The van der Waals surface area contributed by atoms with Crippen LogP contribution in [0.15, 0.2) is 28.8 Å². The molecule has 0 saturated carbocycles. The number of para-hydroxylation sites is 1. The van der Waals surface area contributed by atoms with E-state index in [1.165, 1.54) is 0 Å². The first-order valence-electron chi connectivity index (χ1n) is 6.40. The zero-order valence-electron chi connectivity index (χ0n) is 11.9. The van der Waals surface area contributed by atoms with E-state index in [0.29, 0.717) is 24.7 Å². The molecule has 6 nitrogen and oxygen atoms in total. The lowest BCUT2D eigenvalue weighted by molar-refractivity contribution is 0.165. The van der Waals surface area contributed by atoms with Gasteiger partial charge in [-0.05, 0) is 19.2 Å². The summed E-state index contributed by atoms with van der Waals surface area (Å²) in [6.45, 7) is 0.586. The van der Waals surface area contributed by atoms with E-state index in [0.717, 1.165) is 11.3 Å². The quantitative estimate of drug-likeness (QED) is 0.827. The molecule has 1 aromatic carbocycles. The van der Waals surface area contributed by atoms with E-state index >= 15 is 0 Å². The second-order valence-corrected chi connectivity index (χ2v) is 4.36. The largest absolute Gasteiger partial charge is 0.496 e. The number of likely N-dealkylation sites (N-methyl/N-ethyl adjacent to an activating group) is 1. The van der Waals surface area contributed by atoms with Gasteiger partial charge in [-0.1, -0.05) is 17.3 Å². The number of ether oxygens (including phenoxy) is 2. The number of methoxy groups -OCH3 is 2. The third kappa shape index (κ3) is 3.34. The fraction of sp³-hybridized carbons (Fsp3) is 0.429. The van der Waals surface area contributed by atoms with Crippen LogP contribution in [-0.4, -0.2) is 44.1 Å². The van der Waals surface area contributed by atoms with Crippen molar-refractivity contribution < 1.29 is 14.0 Å². The predicted octanol–water partition coefficient (Wildman–Crippen LogP) is 1.52. The monoisotopic (exact) mass is 277 g/mol.